The second-order valence-electron chi connectivity index (χ2n) is 4.65. The summed E-state index contributed by atoms with van der Waals surface area (Å²) in [5.74, 6) is -0.501. The molecule has 0 radical (unpaired) electrons. The zero-order valence-electron chi connectivity index (χ0n) is 12.1. The van der Waals surface area contributed by atoms with E-state index in [1.807, 2.05) is 26.8 Å². The molecule has 0 fully saturated rings. The molecule has 1 aromatic heterocycles. The van der Waals surface area contributed by atoms with Gasteiger partial charge >= 0.3 is 5.97 Å². The molecule has 0 aliphatic carbocycles. The molecule has 0 spiro atoms. The number of methoxy groups -OCH3 is 1. The fourth-order valence-electron chi connectivity index (χ4n) is 1.81. The van der Waals surface area contributed by atoms with E-state index in [2.05, 4.69) is 11.7 Å². The minimum Gasteiger partial charge on any atom is -0.468 e. The molecule has 0 saturated heterocycles. The van der Waals surface area contributed by atoms with Crippen LogP contribution in [-0.2, 0) is 16.0 Å². The van der Waals surface area contributed by atoms with Crippen molar-refractivity contribution in [2.24, 2.45) is 0 Å². The number of amides is 1. The molecule has 0 aliphatic heterocycles. The maximum atomic E-state index is 12.4. The molecule has 1 amide bonds. The number of carbonyl (C=O) groups excluding carboxylic acids is 2. The molecular weight excluding hydrogens is 262 g/mol. The zero-order chi connectivity index (χ0) is 14.6. The first-order valence-corrected chi connectivity index (χ1v) is 7.19. The summed E-state index contributed by atoms with van der Waals surface area (Å²) in [6.07, 6.45) is 0.911. The quantitative estimate of drug-likeness (QED) is 0.780. The van der Waals surface area contributed by atoms with Gasteiger partial charge in [-0.1, -0.05) is 6.92 Å². The number of thiophene rings is 1. The van der Waals surface area contributed by atoms with Crippen molar-refractivity contribution >= 4 is 23.2 Å². The van der Waals surface area contributed by atoms with Crippen molar-refractivity contribution in [3.63, 3.8) is 0 Å². The Balaban J connectivity index is 2.95. The number of rotatable bonds is 5. The van der Waals surface area contributed by atoms with E-state index in [1.54, 1.807) is 0 Å². The van der Waals surface area contributed by atoms with E-state index in [9.17, 15) is 9.59 Å². The van der Waals surface area contributed by atoms with Gasteiger partial charge in [-0.15, -0.1) is 11.3 Å². The highest BCUT2D eigenvalue weighted by molar-refractivity contribution is 7.14. The van der Waals surface area contributed by atoms with Gasteiger partial charge in [0, 0.05) is 10.9 Å². The van der Waals surface area contributed by atoms with Gasteiger partial charge in [0.1, 0.15) is 6.54 Å². The summed E-state index contributed by atoms with van der Waals surface area (Å²) in [6.45, 7) is 7.85. The summed E-state index contributed by atoms with van der Waals surface area (Å²) < 4.78 is 4.64. The lowest BCUT2D eigenvalue weighted by molar-refractivity contribution is -0.141. The van der Waals surface area contributed by atoms with E-state index in [0.717, 1.165) is 11.3 Å². The van der Waals surface area contributed by atoms with Crippen molar-refractivity contribution in [1.29, 1.82) is 0 Å². The number of ether oxygens (including phenoxy) is 1. The van der Waals surface area contributed by atoms with Gasteiger partial charge in [-0.05, 0) is 38.8 Å². The Morgan fingerprint density at radius 2 is 2.05 bits per heavy atom. The van der Waals surface area contributed by atoms with Crippen molar-refractivity contribution in [3.8, 4) is 0 Å². The minimum atomic E-state index is -0.397. The fraction of sp³-hybridized carbons (Fsp3) is 0.571. The van der Waals surface area contributed by atoms with Crippen LogP contribution in [-0.4, -0.2) is 36.5 Å². The number of carbonyl (C=O) groups is 2. The van der Waals surface area contributed by atoms with Crippen LogP contribution in [0.3, 0.4) is 0 Å². The van der Waals surface area contributed by atoms with E-state index in [1.165, 1.54) is 28.9 Å². The van der Waals surface area contributed by atoms with Crippen LogP contribution in [0.25, 0.3) is 0 Å². The van der Waals surface area contributed by atoms with Crippen LogP contribution in [0, 0.1) is 6.92 Å². The van der Waals surface area contributed by atoms with Crippen molar-refractivity contribution < 1.29 is 14.3 Å². The molecule has 0 aromatic carbocycles. The van der Waals surface area contributed by atoms with E-state index in [-0.39, 0.29) is 18.5 Å². The normalized spacial score (nSPS) is 10.6. The summed E-state index contributed by atoms with van der Waals surface area (Å²) >= 11 is 1.48. The van der Waals surface area contributed by atoms with Crippen molar-refractivity contribution in [3.05, 3.63) is 21.4 Å². The fourth-order valence-corrected chi connectivity index (χ4v) is 2.88. The molecule has 19 heavy (non-hydrogen) atoms. The van der Waals surface area contributed by atoms with Crippen molar-refractivity contribution in [2.75, 3.05) is 13.7 Å². The molecule has 4 nitrogen and oxygen atoms in total. The van der Waals surface area contributed by atoms with Crippen molar-refractivity contribution in [2.45, 2.75) is 40.2 Å². The Morgan fingerprint density at radius 3 is 2.47 bits per heavy atom. The maximum absolute atomic E-state index is 12.4. The maximum Gasteiger partial charge on any atom is 0.325 e. The highest BCUT2D eigenvalue weighted by Crippen LogP contribution is 2.24. The van der Waals surface area contributed by atoms with Gasteiger partial charge in [0.2, 0.25) is 0 Å². The Labute approximate surface area is 118 Å². The molecule has 5 heteroatoms. The lowest BCUT2D eigenvalue weighted by Crippen LogP contribution is -2.40. The lowest BCUT2D eigenvalue weighted by Gasteiger charge is -2.24. The van der Waals surface area contributed by atoms with Crippen LogP contribution in [0.15, 0.2) is 6.07 Å². The Kier molecular flexibility index (Phi) is 5.54. The zero-order valence-corrected chi connectivity index (χ0v) is 13.0. The second-order valence-corrected chi connectivity index (χ2v) is 5.90. The smallest absolute Gasteiger partial charge is 0.325 e. The minimum absolute atomic E-state index is 0.00853. The molecule has 0 atom stereocenters. The number of hydrogen-bond donors (Lipinski definition) is 0. The van der Waals surface area contributed by atoms with Gasteiger partial charge in [0.25, 0.3) is 5.91 Å². The molecular formula is C14H21NO3S. The summed E-state index contributed by atoms with van der Waals surface area (Å²) in [5, 5.41) is 0. The molecule has 106 valence electrons. The van der Waals surface area contributed by atoms with Gasteiger partial charge in [-0.2, -0.15) is 0 Å². The van der Waals surface area contributed by atoms with Crippen LogP contribution in [0.1, 0.15) is 40.9 Å². The molecule has 0 aliphatic rings. The largest absolute Gasteiger partial charge is 0.468 e. The highest BCUT2D eigenvalue weighted by atomic mass is 32.1. The van der Waals surface area contributed by atoms with Gasteiger partial charge < -0.3 is 9.64 Å². The average molecular weight is 283 g/mol. The lowest BCUT2D eigenvalue weighted by atomic mass is 10.2. The monoisotopic (exact) mass is 283 g/mol. The third-order valence-electron chi connectivity index (χ3n) is 3.02. The predicted molar refractivity (Wildman–Crippen MR) is 76.6 cm³/mol. The van der Waals surface area contributed by atoms with Gasteiger partial charge in [0.05, 0.1) is 12.0 Å². The van der Waals surface area contributed by atoms with Crippen molar-refractivity contribution in [1.82, 2.24) is 4.90 Å². The van der Waals surface area contributed by atoms with E-state index in [4.69, 9.17) is 0 Å². The van der Waals surface area contributed by atoms with Gasteiger partial charge in [0.15, 0.2) is 0 Å². The Morgan fingerprint density at radius 1 is 1.42 bits per heavy atom. The molecule has 0 N–H and O–H groups in total. The summed E-state index contributed by atoms with van der Waals surface area (Å²) in [4.78, 5) is 27.2. The van der Waals surface area contributed by atoms with Crippen LogP contribution in [0.4, 0.5) is 0 Å². The van der Waals surface area contributed by atoms with E-state index in [0.29, 0.717) is 4.88 Å². The van der Waals surface area contributed by atoms with Crippen LogP contribution < -0.4 is 0 Å². The standard InChI is InChI=1S/C14H21NO3S/c1-6-11-7-12(19-10(11)4)14(17)15(9(2)3)8-13(16)18-5/h7,9H,6,8H2,1-5H3. The number of hydrogen-bond acceptors (Lipinski definition) is 4. The van der Waals surface area contributed by atoms with Gasteiger partial charge in [-0.3, -0.25) is 9.59 Å². The molecule has 1 heterocycles. The summed E-state index contributed by atoms with van der Waals surface area (Å²) in [6, 6.07) is 1.88. The van der Waals surface area contributed by atoms with Gasteiger partial charge in [-0.25, -0.2) is 0 Å². The van der Waals surface area contributed by atoms with E-state index >= 15 is 0 Å². The topological polar surface area (TPSA) is 46.6 Å². The molecule has 0 bridgehead atoms. The Bertz CT molecular complexity index is 465. The third kappa shape index (κ3) is 3.80. The SMILES string of the molecule is CCc1cc(C(=O)N(CC(=O)OC)C(C)C)sc1C. The second kappa shape index (κ2) is 6.70. The number of esters is 1. The van der Waals surface area contributed by atoms with Crippen LogP contribution in [0.5, 0.6) is 0 Å². The van der Waals surface area contributed by atoms with E-state index < -0.39 is 5.97 Å². The summed E-state index contributed by atoms with van der Waals surface area (Å²) in [5.41, 5.74) is 1.19. The average Bonchev–Trinajstić information content (AvgIpc) is 2.75. The first kappa shape index (κ1) is 15.7. The highest BCUT2D eigenvalue weighted by Gasteiger charge is 2.23. The van der Waals surface area contributed by atoms with Crippen LogP contribution >= 0.6 is 11.3 Å². The predicted octanol–water partition coefficient (Wildman–Crippen LogP) is 2.64. The van der Waals surface area contributed by atoms with Crippen LogP contribution in [0.2, 0.25) is 0 Å². The number of aryl methyl sites for hydroxylation is 2. The third-order valence-corrected chi connectivity index (χ3v) is 4.10. The molecule has 1 aromatic rings. The summed E-state index contributed by atoms with van der Waals surface area (Å²) in [7, 11) is 1.33. The number of nitrogens with zero attached hydrogens (tertiary/aromatic N) is 1. The first-order valence-electron chi connectivity index (χ1n) is 6.37. The first-order chi connectivity index (χ1) is 8.90. The molecule has 0 unspecified atom stereocenters. The molecule has 0 saturated carbocycles. The Hall–Kier alpha value is -1.36. The molecule has 1 rings (SSSR count).